The number of rotatable bonds is 4. The Morgan fingerprint density at radius 3 is 2.90 bits per heavy atom. The molecule has 3 aromatic rings. The lowest BCUT2D eigenvalue weighted by Crippen LogP contribution is -2.12. The van der Waals surface area contributed by atoms with Crippen molar-refractivity contribution in [2.75, 3.05) is 6.61 Å². The van der Waals surface area contributed by atoms with E-state index in [9.17, 15) is 4.79 Å². The fourth-order valence-corrected chi connectivity index (χ4v) is 2.44. The number of aromatic amines is 1. The standard InChI is InChI=1S/C16H17N3O2/c1-3-19-15(16(20)21-4-2)9-14(18-19)12-10-17-13-8-6-5-7-11(12)13/h5-10,17H,3-4H2,1-2H3. The largest absolute Gasteiger partial charge is 0.461 e. The summed E-state index contributed by atoms with van der Waals surface area (Å²) in [6.45, 7) is 4.73. The number of esters is 1. The zero-order valence-electron chi connectivity index (χ0n) is 12.1. The fourth-order valence-electron chi connectivity index (χ4n) is 2.44. The van der Waals surface area contributed by atoms with E-state index in [1.165, 1.54) is 0 Å². The smallest absolute Gasteiger partial charge is 0.356 e. The van der Waals surface area contributed by atoms with Gasteiger partial charge in [0.25, 0.3) is 0 Å². The number of H-pyrrole nitrogens is 1. The van der Waals surface area contributed by atoms with Gasteiger partial charge >= 0.3 is 5.97 Å². The molecule has 0 fully saturated rings. The Balaban J connectivity index is 2.09. The average Bonchev–Trinajstić information content (AvgIpc) is 3.11. The number of hydrogen-bond acceptors (Lipinski definition) is 3. The van der Waals surface area contributed by atoms with E-state index < -0.39 is 0 Å². The van der Waals surface area contributed by atoms with E-state index in [0.717, 1.165) is 22.2 Å². The Bertz CT molecular complexity index is 786. The van der Waals surface area contributed by atoms with E-state index >= 15 is 0 Å². The van der Waals surface area contributed by atoms with Crippen LogP contribution in [0.4, 0.5) is 0 Å². The van der Waals surface area contributed by atoms with Crippen molar-refractivity contribution in [3.63, 3.8) is 0 Å². The van der Waals surface area contributed by atoms with Crippen molar-refractivity contribution in [2.24, 2.45) is 0 Å². The number of nitrogens with zero attached hydrogens (tertiary/aromatic N) is 2. The number of para-hydroxylation sites is 1. The second-order valence-corrected chi connectivity index (χ2v) is 4.70. The van der Waals surface area contributed by atoms with Crippen LogP contribution in [0.15, 0.2) is 36.5 Å². The highest BCUT2D eigenvalue weighted by Gasteiger charge is 2.18. The van der Waals surface area contributed by atoms with Crippen LogP contribution in [-0.2, 0) is 11.3 Å². The molecule has 3 rings (SSSR count). The molecule has 5 nitrogen and oxygen atoms in total. The fraction of sp³-hybridized carbons (Fsp3) is 0.250. The van der Waals surface area contributed by atoms with Gasteiger partial charge in [0.1, 0.15) is 5.69 Å². The van der Waals surface area contributed by atoms with Crippen LogP contribution in [0.1, 0.15) is 24.3 Å². The van der Waals surface area contributed by atoms with Gasteiger partial charge in [-0.3, -0.25) is 4.68 Å². The van der Waals surface area contributed by atoms with Gasteiger partial charge in [-0.15, -0.1) is 0 Å². The maximum atomic E-state index is 12.0. The minimum absolute atomic E-state index is 0.335. The first-order valence-corrected chi connectivity index (χ1v) is 7.06. The Labute approximate surface area is 122 Å². The number of hydrogen-bond donors (Lipinski definition) is 1. The monoisotopic (exact) mass is 283 g/mol. The van der Waals surface area contributed by atoms with Crippen LogP contribution in [-0.4, -0.2) is 27.3 Å². The molecule has 108 valence electrons. The first-order valence-electron chi connectivity index (χ1n) is 7.06. The molecule has 0 aliphatic heterocycles. The summed E-state index contributed by atoms with van der Waals surface area (Å²) in [6, 6.07) is 9.81. The molecule has 0 spiro atoms. The molecule has 0 saturated heterocycles. The third kappa shape index (κ3) is 2.31. The molecule has 5 heteroatoms. The normalized spacial score (nSPS) is 11.0. The van der Waals surface area contributed by atoms with Crippen molar-refractivity contribution in [3.8, 4) is 11.3 Å². The van der Waals surface area contributed by atoms with E-state index in [0.29, 0.717) is 18.8 Å². The lowest BCUT2D eigenvalue weighted by atomic mass is 10.1. The number of fused-ring (bicyclic) bond motifs is 1. The highest BCUT2D eigenvalue weighted by molar-refractivity contribution is 5.96. The molecule has 0 unspecified atom stereocenters. The number of aryl methyl sites for hydroxylation is 1. The zero-order valence-corrected chi connectivity index (χ0v) is 12.1. The van der Waals surface area contributed by atoms with E-state index in [1.807, 2.05) is 37.4 Å². The van der Waals surface area contributed by atoms with Crippen molar-refractivity contribution >= 4 is 16.9 Å². The number of carbonyl (C=O) groups excluding carboxylic acids is 1. The van der Waals surface area contributed by atoms with Crippen LogP contribution < -0.4 is 0 Å². The van der Waals surface area contributed by atoms with E-state index in [-0.39, 0.29) is 5.97 Å². The summed E-state index contributed by atoms with van der Waals surface area (Å²) in [5, 5.41) is 5.61. The summed E-state index contributed by atoms with van der Waals surface area (Å²) >= 11 is 0. The number of benzene rings is 1. The summed E-state index contributed by atoms with van der Waals surface area (Å²) in [4.78, 5) is 15.2. The molecule has 1 N–H and O–H groups in total. The van der Waals surface area contributed by atoms with Crippen molar-refractivity contribution < 1.29 is 9.53 Å². The molecule has 0 bridgehead atoms. The summed E-state index contributed by atoms with van der Waals surface area (Å²) < 4.78 is 6.76. The summed E-state index contributed by atoms with van der Waals surface area (Å²) in [6.07, 6.45) is 1.92. The first-order chi connectivity index (χ1) is 10.2. The van der Waals surface area contributed by atoms with Crippen LogP contribution in [0.25, 0.3) is 22.2 Å². The Kier molecular flexibility index (Phi) is 3.48. The van der Waals surface area contributed by atoms with Crippen LogP contribution in [0.3, 0.4) is 0 Å². The van der Waals surface area contributed by atoms with Gasteiger partial charge in [0, 0.05) is 29.2 Å². The topological polar surface area (TPSA) is 59.9 Å². The van der Waals surface area contributed by atoms with Gasteiger partial charge in [-0.05, 0) is 26.0 Å². The maximum Gasteiger partial charge on any atom is 0.356 e. The van der Waals surface area contributed by atoms with Crippen LogP contribution >= 0.6 is 0 Å². The van der Waals surface area contributed by atoms with Crippen molar-refractivity contribution in [2.45, 2.75) is 20.4 Å². The molecule has 0 amide bonds. The van der Waals surface area contributed by atoms with E-state index in [4.69, 9.17) is 4.74 Å². The van der Waals surface area contributed by atoms with Gasteiger partial charge in [0.15, 0.2) is 0 Å². The van der Waals surface area contributed by atoms with Gasteiger partial charge < -0.3 is 9.72 Å². The van der Waals surface area contributed by atoms with Gasteiger partial charge in [0.2, 0.25) is 0 Å². The molecule has 2 heterocycles. The predicted octanol–water partition coefficient (Wildman–Crippen LogP) is 3.23. The van der Waals surface area contributed by atoms with Crippen LogP contribution in [0.5, 0.6) is 0 Å². The molecular formula is C16H17N3O2. The lowest BCUT2D eigenvalue weighted by Gasteiger charge is -2.02. The molecule has 0 saturated carbocycles. The highest BCUT2D eigenvalue weighted by Crippen LogP contribution is 2.28. The molecule has 0 aliphatic carbocycles. The third-order valence-corrected chi connectivity index (χ3v) is 3.43. The Morgan fingerprint density at radius 2 is 2.14 bits per heavy atom. The van der Waals surface area contributed by atoms with Crippen LogP contribution in [0.2, 0.25) is 0 Å². The zero-order chi connectivity index (χ0) is 14.8. The number of nitrogens with one attached hydrogen (secondary N) is 1. The number of ether oxygens (including phenoxy) is 1. The Morgan fingerprint density at radius 1 is 1.33 bits per heavy atom. The quantitative estimate of drug-likeness (QED) is 0.748. The van der Waals surface area contributed by atoms with E-state index in [1.54, 1.807) is 17.7 Å². The van der Waals surface area contributed by atoms with Gasteiger partial charge in [-0.25, -0.2) is 4.79 Å². The summed E-state index contributed by atoms with van der Waals surface area (Å²) in [7, 11) is 0. The number of carbonyl (C=O) groups is 1. The second kappa shape index (κ2) is 5.44. The van der Waals surface area contributed by atoms with Gasteiger partial charge in [-0.1, -0.05) is 18.2 Å². The van der Waals surface area contributed by atoms with Gasteiger partial charge in [-0.2, -0.15) is 5.10 Å². The minimum atomic E-state index is -0.335. The van der Waals surface area contributed by atoms with Crippen molar-refractivity contribution in [1.82, 2.24) is 14.8 Å². The first kappa shape index (κ1) is 13.4. The SMILES string of the molecule is CCOC(=O)c1cc(-c2c[nH]c3ccccc23)nn1CC. The Hall–Kier alpha value is -2.56. The molecular weight excluding hydrogens is 266 g/mol. The predicted molar refractivity (Wildman–Crippen MR) is 81.2 cm³/mol. The summed E-state index contributed by atoms with van der Waals surface area (Å²) in [5.41, 5.74) is 3.30. The number of aromatic nitrogens is 3. The second-order valence-electron chi connectivity index (χ2n) is 4.70. The highest BCUT2D eigenvalue weighted by atomic mass is 16.5. The average molecular weight is 283 g/mol. The summed E-state index contributed by atoms with van der Waals surface area (Å²) in [5.74, 6) is -0.335. The van der Waals surface area contributed by atoms with Crippen molar-refractivity contribution in [1.29, 1.82) is 0 Å². The molecule has 2 aromatic heterocycles. The van der Waals surface area contributed by atoms with E-state index in [2.05, 4.69) is 10.1 Å². The maximum absolute atomic E-state index is 12.0. The molecule has 1 aromatic carbocycles. The van der Waals surface area contributed by atoms with Gasteiger partial charge in [0.05, 0.1) is 12.3 Å². The van der Waals surface area contributed by atoms with Crippen LogP contribution in [0, 0.1) is 0 Å². The molecule has 0 aliphatic rings. The molecule has 0 atom stereocenters. The van der Waals surface area contributed by atoms with Crippen molar-refractivity contribution in [3.05, 3.63) is 42.2 Å². The third-order valence-electron chi connectivity index (χ3n) is 3.43. The lowest BCUT2D eigenvalue weighted by molar-refractivity contribution is 0.0512. The molecule has 21 heavy (non-hydrogen) atoms. The molecule has 0 radical (unpaired) electrons. The minimum Gasteiger partial charge on any atom is -0.461 e.